The van der Waals surface area contributed by atoms with Crippen LogP contribution in [-0.4, -0.2) is 37.2 Å². The summed E-state index contributed by atoms with van der Waals surface area (Å²) in [6.45, 7) is 6.32. The van der Waals surface area contributed by atoms with Gasteiger partial charge in [0.2, 0.25) is 0 Å². The lowest BCUT2D eigenvalue weighted by atomic mass is 10.1. The molecule has 0 aliphatic heterocycles. The molecule has 0 rings (SSSR count). The van der Waals surface area contributed by atoms with E-state index in [4.69, 9.17) is 14.2 Å². The summed E-state index contributed by atoms with van der Waals surface area (Å²) >= 11 is 0. The SMILES string of the molecule is CC\C=C/C=C\C=C/C=C\CCCCCCCC(=O)OC(COC(=O)CCCCC/C=C\CCCCCCCC)COC(=O)CCCCCCCC/C=C\C/C=C\C/C=C\C/C=C\CC. The van der Waals surface area contributed by atoms with Gasteiger partial charge in [0.05, 0.1) is 0 Å². The number of ether oxygens (including phenoxy) is 3. The van der Waals surface area contributed by atoms with Crippen LogP contribution in [0.25, 0.3) is 0 Å². The molecule has 0 N–H and O–H groups in total. The number of carbonyl (C=O) groups excluding carboxylic acids is 3. The van der Waals surface area contributed by atoms with Gasteiger partial charge >= 0.3 is 17.9 Å². The van der Waals surface area contributed by atoms with Gasteiger partial charge in [-0.05, 0) is 103 Å². The highest BCUT2D eigenvalue weighted by atomic mass is 16.6. The third kappa shape index (κ3) is 50.9. The van der Waals surface area contributed by atoms with Crippen molar-refractivity contribution in [2.75, 3.05) is 13.2 Å². The van der Waals surface area contributed by atoms with Crippen molar-refractivity contribution < 1.29 is 28.6 Å². The number of carbonyl (C=O) groups is 3. The van der Waals surface area contributed by atoms with Crippen LogP contribution in [0, 0.1) is 0 Å². The maximum absolute atomic E-state index is 12.8. The van der Waals surface area contributed by atoms with E-state index in [0.29, 0.717) is 19.3 Å². The highest BCUT2D eigenvalue weighted by molar-refractivity contribution is 5.71. The van der Waals surface area contributed by atoms with E-state index in [9.17, 15) is 14.4 Å². The zero-order valence-electron chi connectivity index (χ0n) is 42.0. The molecule has 0 aliphatic carbocycles. The van der Waals surface area contributed by atoms with Crippen LogP contribution in [-0.2, 0) is 28.6 Å². The van der Waals surface area contributed by atoms with Crippen LogP contribution in [0.15, 0.2) is 109 Å². The molecule has 0 aromatic carbocycles. The quantitative estimate of drug-likeness (QED) is 0.0199. The average molecular weight is 901 g/mol. The molecule has 1 atom stereocenters. The van der Waals surface area contributed by atoms with Gasteiger partial charge in [0, 0.05) is 19.3 Å². The van der Waals surface area contributed by atoms with Crippen LogP contribution >= 0.6 is 0 Å². The summed E-state index contributed by atoms with van der Waals surface area (Å²) in [5.74, 6) is -0.958. The predicted octanol–water partition coefficient (Wildman–Crippen LogP) is 17.5. The van der Waals surface area contributed by atoms with Crippen molar-refractivity contribution in [1.29, 1.82) is 0 Å². The number of hydrogen-bond donors (Lipinski definition) is 0. The molecule has 6 heteroatoms. The second-order valence-corrected chi connectivity index (χ2v) is 17.1. The maximum atomic E-state index is 12.8. The minimum atomic E-state index is -0.804. The Morgan fingerprint density at radius 2 is 0.677 bits per heavy atom. The predicted molar refractivity (Wildman–Crippen MR) is 279 cm³/mol. The van der Waals surface area contributed by atoms with Gasteiger partial charge in [-0.2, -0.15) is 0 Å². The zero-order valence-corrected chi connectivity index (χ0v) is 42.0. The topological polar surface area (TPSA) is 78.9 Å². The van der Waals surface area contributed by atoms with Crippen molar-refractivity contribution in [1.82, 2.24) is 0 Å². The second-order valence-electron chi connectivity index (χ2n) is 17.1. The second kappa shape index (κ2) is 52.7. The van der Waals surface area contributed by atoms with Crippen molar-refractivity contribution in [3.05, 3.63) is 109 Å². The van der Waals surface area contributed by atoms with Crippen molar-refractivity contribution in [3.8, 4) is 0 Å². The summed E-state index contributed by atoms with van der Waals surface area (Å²) in [5.41, 5.74) is 0. The molecule has 368 valence electrons. The van der Waals surface area contributed by atoms with Crippen LogP contribution in [0.2, 0.25) is 0 Å². The average Bonchev–Trinajstić information content (AvgIpc) is 3.30. The molecule has 0 aliphatic rings. The van der Waals surface area contributed by atoms with Gasteiger partial charge in [0.15, 0.2) is 6.10 Å². The Kier molecular flexibility index (Phi) is 49.5. The fourth-order valence-corrected chi connectivity index (χ4v) is 6.91. The first-order valence-corrected chi connectivity index (χ1v) is 26.4. The molecule has 0 fully saturated rings. The van der Waals surface area contributed by atoms with Crippen molar-refractivity contribution in [2.45, 2.75) is 232 Å². The molecular weight excluding hydrogens is 805 g/mol. The van der Waals surface area contributed by atoms with Crippen molar-refractivity contribution >= 4 is 17.9 Å². The van der Waals surface area contributed by atoms with Crippen molar-refractivity contribution in [3.63, 3.8) is 0 Å². The minimum absolute atomic E-state index is 0.102. The number of unbranched alkanes of at least 4 members (excludes halogenated alkanes) is 20. The molecule has 0 bridgehead atoms. The van der Waals surface area contributed by atoms with Gasteiger partial charge in [0.25, 0.3) is 0 Å². The molecule has 1 unspecified atom stereocenters. The summed E-state index contributed by atoms with van der Waals surface area (Å²) < 4.78 is 16.8. The molecule has 65 heavy (non-hydrogen) atoms. The van der Waals surface area contributed by atoms with E-state index in [0.717, 1.165) is 135 Å². The fraction of sp³-hybridized carbons (Fsp3) is 0.644. The van der Waals surface area contributed by atoms with Crippen LogP contribution in [0.5, 0.6) is 0 Å². The van der Waals surface area contributed by atoms with Gasteiger partial charge in [-0.3, -0.25) is 14.4 Å². The number of rotatable bonds is 46. The molecule has 0 heterocycles. The molecular formula is C59H96O6. The van der Waals surface area contributed by atoms with Gasteiger partial charge in [-0.25, -0.2) is 0 Å². The van der Waals surface area contributed by atoms with Gasteiger partial charge in [0.1, 0.15) is 13.2 Å². The standard InChI is InChI=1S/C59H96O6/c1-4-7-10-13-16-19-22-25-27-28-29-30-32-34-37-40-43-46-49-52-58(61)64-55-56(54-63-57(60)51-48-45-42-39-36-33-24-21-18-15-12-9-6-3)65-59(62)53-50-47-44-41-38-35-31-26-23-20-17-14-11-8-5-2/h7-8,10-11,14,16-17,19-20,23,25-27,29-31,33,36,56H,4-6,9,12-13,15,18,21-22,24,28,32,34-35,37-55H2,1-3H3/b10-7-,11-8-,17-14-,19-16-,23-20-,27-25-,30-29-,31-26-,36-33-. The van der Waals surface area contributed by atoms with Crippen LogP contribution in [0.1, 0.15) is 226 Å². The Labute approximate surface area is 400 Å². The lowest BCUT2D eigenvalue weighted by molar-refractivity contribution is -0.167. The lowest BCUT2D eigenvalue weighted by Gasteiger charge is -2.18. The highest BCUT2D eigenvalue weighted by Gasteiger charge is 2.19. The van der Waals surface area contributed by atoms with E-state index in [1.807, 2.05) is 24.3 Å². The van der Waals surface area contributed by atoms with Crippen molar-refractivity contribution in [2.24, 2.45) is 0 Å². The normalized spacial score (nSPS) is 13.0. The first kappa shape index (κ1) is 61.1. The monoisotopic (exact) mass is 901 g/mol. The molecule has 0 saturated carbocycles. The first-order valence-electron chi connectivity index (χ1n) is 26.4. The van der Waals surface area contributed by atoms with Gasteiger partial charge in [-0.15, -0.1) is 0 Å². The molecule has 0 aromatic rings. The van der Waals surface area contributed by atoms with E-state index in [1.165, 1.54) is 51.4 Å². The smallest absolute Gasteiger partial charge is 0.306 e. The minimum Gasteiger partial charge on any atom is -0.462 e. The van der Waals surface area contributed by atoms with E-state index in [-0.39, 0.29) is 31.1 Å². The molecule has 0 amide bonds. The lowest BCUT2D eigenvalue weighted by Crippen LogP contribution is -2.30. The van der Waals surface area contributed by atoms with Gasteiger partial charge < -0.3 is 14.2 Å². The van der Waals surface area contributed by atoms with E-state index in [1.54, 1.807) is 0 Å². The summed E-state index contributed by atoms with van der Waals surface area (Å²) in [4.78, 5) is 38.0. The summed E-state index contributed by atoms with van der Waals surface area (Å²) in [7, 11) is 0. The van der Waals surface area contributed by atoms with E-state index >= 15 is 0 Å². The Balaban J connectivity index is 4.47. The highest BCUT2D eigenvalue weighted by Crippen LogP contribution is 2.13. The summed E-state index contributed by atoms with van der Waals surface area (Å²) in [6.07, 6.45) is 70.7. The zero-order chi connectivity index (χ0) is 47.2. The molecule has 6 nitrogen and oxygen atoms in total. The number of allylic oxidation sites excluding steroid dienone is 18. The first-order chi connectivity index (χ1) is 32.0. The van der Waals surface area contributed by atoms with E-state index < -0.39 is 6.10 Å². The third-order valence-electron chi connectivity index (χ3n) is 10.8. The van der Waals surface area contributed by atoms with Crippen LogP contribution in [0.4, 0.5) is 0 Å². The van der Waals surface area contributed by atoms with Crippen LogP contribution < -0.4 is 0 Å². The largest absolute Gasteiger partial charge is 0.462 e. The fourth-order valence-electron chi connectivity index (χ4n) is 6.91. The Bertz CT molecular complexity index is 1360. The Morgan fingerprint density at radius 3 is 1.15 bits per heavy atom. The number of hydrogen-bond acceptors (Lipinski definition) is 6. The molecule has 0 radical (unpaired) electrons. The molecule has 0 saturated heterocycles. The third-order valence-corrected chi connectivity index (χ3v) is 10.8. The van der Waals surface area contributed by atoms with E-state index in [2.05, 4.69) is 106 Å². The summed E-state index contributed by atoms with van der Waals surface area (Å²) in [5, 5.41) is 0. The summed E-state index contributed by atoms with van der Waals surface area (Å²) in [6, 6.07) is 0. The molecule has 0 aromatic heterocycles. The Morgan fingerprint density at radius 1 is 0.338 bits per heavy atom. The van der Waals surface area contributed by atoms with Crippen LogP contribution in [0.3, 0.4) is 0 Å². The van der Waals surface area contributed by atoms with Gasteiger partial charge in [-0.1, -0.05) is 214 Å². The number of esters is 3. The molecule has 0 spiro atoms. The maximum Gasteiger partial charge on any atom is 0.306 e. The Hall–Kier alpha value is -3.93.